The monoisotopic (exact) mass is 370 g/mol. The van der Waals surface area contributed by atoms with E-state index in [9.17, 15) is 0 Å². The summed E-state index contributed by atoms with van der Waals surface area (Å²) in [7, 11) is 2.06. The van der Waals surface area contributed by atoms with Gasteiger partial charge in [0.1, 0.15) is 15.8 Å². The van der Waals surface area contributed by atoms with Gasteiger partial charge in [-0.25, -0.2) is 9.97 Å². The fourth-order valence-electron chi connectivity index (χ4n) is 2.86. The smallest absolute Gasteiger partial charge is 0.125 e. The molecule has 2 aromatic heterocycles. The van der Waals surface area contributed by atoms with Crippen molar-refractivity contribution in [3.63, 3.8) is 0 Å². The van der Waals surface area contributed by atoms with Crippen LogP contribution in [0.2, 0.25) is 0 Å². The van der Waals surface area contributed by atoms with Gasteiger partial charge in [-0.3, -0.25) is 0 Å². The third-order valence-corrected chi connectivity index (χ3v) is 5.28. The average Bonchev–Trinajstić information content (AvgIpc) is 2.93. The van der Waals surface area contributed by atoms with Crippen LogP contribution in [0.5, 0.6) is 0 Å². The quantitative estimate of drug-likeness (QED) is 0.680. The van der Waals surface area contributed by atoms with Crippen LogP contribution in [-0.2, 0) is 13.5 Å². The molecule has 3 heterocycles. The molecule has 1 aliphatic heterocycles. The zero-order valence-electron chi connectivity index (χ0n) is 13.1. The molecule has 4 nitrogen and oxygen atoms in total. The summed E-state index contributed by atoms with van der Waals surface area (Å²) in [5.74, 6) is 1.04. The third kappa shape index (κ3) is 3.18. The van der Waals surface area contributed by atoms with Crippen molar-refractivity contribution >= 4 is 52.2 Å². The fraction of sp³-hybridized carbons (Fsp3) is 0.375. The summed E-state index contributed by atoms with van der Waals surface area (Å²) >= 11 is 1.76. The van der Waals surface area contributed by atoms with Gasteiger partial charge >= 0.3 is 0 Å². The fourth-order valence-corrected chi connectivity index (χ4v) is 3.89. The molecule has 1 N–H and O–H groups in total. The highest BCUT2D eigenvalue weighted by Crippen LogP contribution is 2.35. The second kappa shape index (κ2) is 7.07. The first-order chi connectivity index (χ1) is 10.2. The molecule has 1 aliphatic rings. The van der Waals surface area contributed by atoms with Crippen LogP contribution in [0.1, 0.15) is 24.4 Å². The Labute approximate surface area is 152 Å². The number of anilines is 1. The molecule has 7 heteroatoms. The van der Waals surface area contributed by atoms with Gasteiger partial charge in [0.2, 0.25) is 0 Å². The zero-order chi connectivity index (χ0) is 14.4. The normalized spacial score (nSPS) is 13.5. The van der Waals surface area contributed by atoms with Crippen LogP contribution in [0.3, 0.4) is 0 Å². The first-order valence-corrected chi connectivity index (χ1v) is 8.21. The number of aromatic nitrogens is 3. The highest BCUT2D eigenvalue weighted by molar-refractivity contribution is 7.19. The lowest BCUT2D eigenvalue weighted by Crippen LogP contribution is -1.96. The van der Waals surface area contributed by atoms with Gasteiger partial charge < -0.3 is 9.88 Å². The molecule has 0 saturated carbocycles. The van der Waals surface area contributed by atoms with E-state index in [1.807, 2.05) is 6.92 Å². The number of nitrogens with zero attached hydrogens (tertiary/aromatic N) is 3. The number of halogens is 2. The number of hydrogen-bond acceptors (Lipinski definition) is 4. The van der Waals surface area contributed by atoms with Crippen molar-refractivity contribution in [2.24, 2.45) is 7.05 Å². The minimum Gasteiger partial charge on any atom is -0.375 e. The van der Waals surface area contributed by atoms with E-state index in [-0.39, 0.29) is 24.8 Å². The number of nitrogens with one attached hydrogen (secondary N) is 1. The lowest BCUT2D eigenvalue weighted by molar-refractivity contribution is 0.775. The first-order valence-electron chi connectivity index (χ1n) is 7.39. The van der Waals surface area contributed by atoms with E-state index in [2.05, 4.69) is 40.1 Å². The highest BCUT2D eigenvalue weighted by atomic mass is 35.5. The molecule has 0 spiro atoms. The maximum Gasteiger partial charge on any atom is 0.125 e. The minimum absolute atomic E-state index is 0. The Morgan fingerprint density at radius 1 is 1.17 bits per heavy atom. The molecular formula is C16H20Cl2N4S. The maximum absolute atomic E-state index is 4.84. The molecule has 3 aromatic rings. The van der Waals surface area contributed by atoms with E-state index < -0.39 is 0 Å². The third-order valence-electron chi connectivity index (χ3n) is 4.17. The van der Waals surface area contributed by atoms with E-state index in [1.165, 1.54) is 34.6 Å². The van der Waals surface area contributed by atoms with Crippen LogP contribution >= 0.6 is 36.2 Å². The molecular weight excluding hydrogens is 351 g/mol. The molecule has 0 aliphatic carbocycles. The van der Waals surface area contributed by atoms with Crippen molar-refractivity contribution in [2.75, 3.05) is 11.9 Å². The van der Waals surface area contributed by atoms with Crippen molar-refractivity contribution < 1.29 is 0 Å². The van der Waals surface area contributed by atoms with Crippen molar-refractivity contribution in [1.29, 1.82) is 0 Å². The molecule has 0 atom stereocenters. The first kappa shape index (κ1) is 18.0. The molecule has 124 valence electrons. The minimum atomic E-state index is 0. The van der Waals surface area contributed by atoms with Crippen molar-refractivity contribution in [3.05, 3.63) is 29.7 Å². The molecule has 0 unspecified atom stereocenters. The lowest BCUT2D eigenvalue weighted by atomic mass is 10.2. The van der Waals surface area contributed by atoms with Gasteiger partial charge in [0.05, 0.1) is 16.7 Å². The van der Waals surface area contributed by atoms with Gasteiger partial charge in [0, 0.05) is 19.2 Å². The average molecular weight is 371 g/mol. The number of rotatable bonds is 1. The van der Waals surface area contributed by atoms with Crippen molar-refractivity contribution in [1.82, 2.24) is 14.5 Å². The standard InChI is InChI=1S/C16H18N4S.2ClH/c1-10-18-13-9-11(6-7-14(13)20(10)2)15-19-12-5-3-4-8-17-16(12)21-15;;/h6-7,9,17H,3-5,8H2,1-2H3;2*1H. The lowest BCUT2D eigenvalue weighted by Gasteiger charge is -1.99. The van der Waals surface area contributed by atoms with Crippen LogP contribution in [0.15, 0.2) is 18.2 Å². The Hall–Kier alpha value is -1.30. The number of fused-ring (bicyclic) bond motifs is 2. The predicted octanol–water partition coefficient (Wildman–Crippen LogP) is 4.60. The summed E-state index contributed by atoms with van der Waals surface area (Å²) in [6.45, 7) is 3.10. The molecule has 0 saturated heterocycles. The number of hydrogen-bond donors (Lipinski definition) is 1. The largest absolute Gasteiger partial charge is 0.375 e. The molecule has 0 radical (unpaired) electrons. The Morgan fingerprint density at radius 3 is 2.83 bits per heavy atom. The van der Waals surface area contributed by atoms with Gasteiger partial charge in [-0.1, -0.05) is 11.3 Å². The molecule has 1 aromatic carbocycles. The van der Waals surface area contributed by atoms with Crippen LogP contribution in [0.4, 0.5) is 5.00 Å². The van der Waals surface area contributed by atoms with Crippen molar-refractivity contribution in [2.45, 2.75) is 26.2 Å². The topological polar surface area (TPSA) is 42.7 Å². The van der Waals surface area contributed by atoms with Crippen LogP contribution in [0, 0.1) is 6.92 Å². The Morgan fingerprint density at radius 2 is 2.00 bits per heavy atom. The Balaban J connectivity index is 0.000000960. The number of benzene rings is 1. The maximum atomic E-state index is 4.84. The molecule has 0 bridgehead atoms. The Kier molecular flexibility index (Phi) is 5.55. The van der Waals surface area contributed by atoms with Crippen LogP contribution < -0.4 is 5.32 Å². The number of aryl methyl sites for hydroxylation is 3. The summed E-state index contributed by atoms with van der Waals surface area (Å²) < 4.78 is 2.12. The van der Waals surface area contributed by atoms with Gasteiger partial charge in [0.15, 0.2) is 0 Å². The summed E-state index contributed by atoms with van der Waals surface area (Å²) in [6, 6.07) is 6.45. The number of thiazole rings is 1. The van der Waals surface area contributed by atoms with Crippen molar-refractivity contribution in [3.8, 4) is 10.6 Å². The summed E-state index contributed by atoms with van der Waals surface area (Å²) in [5.41, 5.74) is 4.61. The highest BCUT2D eigenvalue weighted by Gasteiger charge is 2.15. The van der Waals surface area contributed by atoms with Crippen LogP contribution in [0.25, 0.3) is 21.6 Å². The van der Waals surface area contributed by atoms with Gasteiger partial charge in [-0.2, -0.15) is 0 Å². The molecule has 23 heavy (non-hydrogen) atoms. The molecule has 4 rings (SSSR count). The van der Waals surface area contributed by atoms with Crippen LogP contribution in [-0.4, -0.2) is 21.1 Å². The second-order valence-electron chi connectivity index (χ2n) is 5.60. The number of imidazole rings is 1. The SMILES string of the molecule is Cc1nc2cc(-c3nc4c(s3)NCCCC4)ccc2n1C.Cl.Cl. The predicted molar refractivity (Wildman–Crippen MR) is 102 cm³/mol. The van der Waals surface area contributed by atoms with Gasteiger partial charge in [-0.15, -0.1) is 24.8 Å². The van der Waals surface area contributed by atoms with E-state index in [4.69, 9.17) is 4.98 Å². The summed E-state index contributed by atoms with van der Waals surface area (Å²) in [6.07, 6.45) is 3.54. The zero-order valence-corrected chi connectivity index (χ0v) is 15.6. The second-order valence-corrected chi connectivity index (χ2v) is 6.60. The van der Waals surface area contributed by atoms with E-state index in [1.54, 1.807) is 11.3 Å². The van der Waals surface area contributed by atoms with E-state index in [0.29, 0.717) is 0 Å². The van der Waals surface area contributed by atoms with Gasteiger partial charge in [-0.05, 0) is 44.4 Å². The molecule has 0 amide bonds. The summed E-state index contributed by atoms with van der Waals surface area (Å²) in [4.78, 5) is 9.46. The van der Waals surface area contributed by atoms with E-state index in [0.717, 1.165) is 29.3 Å². The Bertz CT molecular complexity index is 801. The van der Waals surface area contributed by atoms with Gasteiger partial charge in [0.25, 0.3) is 0 Å². The van der Waals surface area contributed by atoms with E-state index >= 15 is 0 Å². The summed E-state index contributed by atoms with van der Waals surface area (Å²) in [5, 5.41) is 5.85. The molecule has 0 fully saturated rings.